The first kappa shape index (κ1) is 15.8. The van der Waals surface area contributed by atoms with Gasteiger partial charge in [-0.25, -0.2) is 4.79 Å². The minimum Gasteiger partial charge on any atom is -0.481 e. The molecule has 0 unspecified atom stereocenters. The van der Waals surface area contributed by atoms with Gasteiger partial charge in [-0.1, -0.05) is 12.8 Å². The van der Waals surface area contributed by atoms with Crippen LogP contribution in [0.15, 0.2) is 0 Å². The highest BCUT2D eigenvalue weighted by molar-refractivity contribution is 5.68. The molecule has 19 heavy (non-hydrogen) atoms. The summed E-state index contributed by atoms with van der Waals surface area (Å²) in [6, 6.07) is 0. The molecule has 1 aliphatic rings. The minimum atomic E-state index is -0.755. The Morgan fingerprint density at radius 3 is 2.32 bits per heavy atom. The van der Waals surface area contributed by atoms with E-state index in [0.29, 0.717) is 6.54 Å². The number of nitrogens with one attached hydrogen (secondary N) is 1. The predicted molar refractivity (Wildman–Crippen MR) is 71.9 cm³/mol. The second-order valence-electron chi connectivity index (χ2n) is 6.29. The zero-order chi connectivity index (χ0) is 14.5. The zero-order valence-corrected chi connectivity index (χ0v) is 12.1. The summed E-state index contributed by atoms with van der Waals surface area (Å²) in [7, 11) is 0. The number of alkyl carbamates (subject to hydrolysis) is 1. The minimum absolute atomic E-state index is 0.168. The Labute approximate surface area is 114 Å². The summed E-state index contributed by atoms with van der Waals surface area (Å²) in [5, 5.41) is 11.7. The maximum atomic E-state index is 11.6. The number of ether oxygens (including phenoxy) is 1. The average Bonchev–Trinajstić information content (AvgIpc) is 2.24. The van der Waals surface area contributed by atoms with Crippen LogP contribution in [0.5, 0.6) is 0 Å². The van der Waals surface area contributed by atoms with Crippen LogP contribution in [0.2, 0.25) is 0 Å². The van der Waals surface area contributed by atoms with Gasteiger partial charge in [0.2, 0.25) is 0 Å². The molecule has 1 aliphatic carbocycles. The van der Waals surface area contributed by atoms with Crippen molar-refractivity contribution in [3.63, 3.8) is 0 Å². The first-order valence-electron chi connectivity index (χ1n) is 6.96. The van der Waals surface area contributed by atoms with Gasteiger partial charge in [0.05, 0.1) is 0 Å². The van der Waals surface area contributed by atoms with E-state index in [0.717, 1.165) is 25.7 Å². The summed E-state index contributed by atoms with van der Waals surface area (Å²) in [5.41, 5.74) is -0.503. The number of hydrogen-bond donors (Lipinski definition) is 2. The van der Waals surface area contributed by atoms with Crippen LogP contribution >= 0.6 is 0 Å². The van der Waals surface area contributed by atoms with Gasteiger partial charge in [-0.15, -0.1) is 0 Å². The van der Waals surface area contributed by atoms with E-state index >= 15 is 0 Å². The quantitative estimate of drug-likeness (QED) is 0.824. The maximum absolute atomic E-state index is 11.6. The summed E-state index contributed by atoms with van der Waals surface area (Å²) in [4.78, 5) is 22.4. The van der Waals surface area contributed by atoms with Crippen LogP contribution in [-0.4, -0.2) is 29.3 Å². The van der Waals surface area contributed by atoms with E-state index in [-0.39, 0.29) is 18.3 Å². The first-order chi connectivity index (χ1) is 8.78. The highest BCUT2D eigenvalue weighted by Gasteiger charge is 2.27. The molecular weight excluding hydrogens is 246 g/mol. The third-order valence-corrected chi connectivity index (χ3v) is 3.41. The third kappa shape index (κ3) is 6.45. The normalized spacial score (nSPS) is 23.7. The number of rotatable bonds is 4. The Bertz CT molecular complexity index is 322. The second-order valence-corrected chi connectivity index (χ2v) is 6.29. The summed E-state index contributed by atoms with van der Waals surface area (Å²) in [6.45, 7) is 5.97. The topological polar surface area (TPSA) is 75.6 Å². The lowest BCUT2D eigenvalue weighted by molar-refractivity contribution is -0.138. The Kier molecular flexibility index (Phi) is 5.63. The molecule has 1 saturated carbocycles. The van der Waals surface area contributed by atoms with Crippen LogP contribution < -0.4 is 5.32 Å². The monoisotopic (exact) mass is 271 g/mol. The lowest BCUT2D eigenvalue weighted by Crippen LogP contribution is -2.38. The van der Waals surface area contributed by atoms with Crippen molar-refractivity contribution in [3.8, 4) is 0 Å². The van der Waals surface area contributed by atoms with Crippen molar-refractivity contribution in [2.45, 2.75) is 58.5 Å². The predicted octanol–water partition coefficient (Wildman–Crippen LogP) is 2.79. The molecule has 110 valence electrons. The van der Waals surface area contributed by atoms with Crippen molar-refractivity contribution >= 4 is 12.1 Å². The molecule has 1 fully saturated rings. The van der Waals surface area contributed by atoms with E-state index in [4.69, 9.17) is 9.84 Å². The fourth-order valence-corrected chi connectivity index (χ4v) is 2.57. The van der Waals surface area contributed by atoms with Gasteiger partial charge in [-0.2, -0.15) is 0 Å². The van der Waals surface area contributed by atoms with Crippen molar-refractivity contribution < 1.29 is 19.4 Å². The van der Waals surface area contributed by atoms with Gasteiger partial charge in [0, 0.05) is 13.0 Å². The maximum Gasteiger partial charge on any atom is 0.407 e. The average molecular weight is 271 g/mol. The first-order valence-corrected chi connectivity index (χ1v) is 6.96. The van der Waals surface area contributed by atoms with E-state index in [9.17, 15) is 9.59 Å². The van der Waals surface area contributed by atoms with Crippen molar-refractivity contribution in [2.75, 3.05) is 6.54 Å². The Morgan fingerprint density at radius 1 is 1.21 bits per heavy atom. The molecule has 0 aromatic carbocycles. The van der Waals surface area contributed by atoms with Gasteiger partial charge in [0.15, 0.2) is 0 Å². The molecule has 0 heterocycles. The molecule has 2 N–H and O–H groups in total. The largest absolute Gasteiger partial charge is 0.481 e. The van der Waals surface area contributed by atoms with Crippen molar-refractivity contribution in [1.29, 1.82) is 0 Å². The molecule has 5 nitrogen and oxygen atoms in total. The van der Waals surface area contributed by atoms with E-state index < -0.39 is 17.7 Å². The number of amides is 1. The molecule has 0 saturated heterocycles. The van der Waals surface area contributed by atoms with Gasteiger partial charge in [-0.05, 0) is 45.4 Å². The number of hydrogen-bond acceptors (Lipinski definition) is 3. The van der Waals surface area contributed by atoms with Crippen molar-refractivity contribution in [2.24, 2.45) is 11.8 Å². The Hall–Kier alpha value is -1.26. The molecule has 0 aliphatic heterocycles. The summed E-state index contributed by atoms with van der Waals surface area (Å²) in [5.74, 6) is -0.340. The van der Waals surface area contributed by atoms with Gasteiger partial charge in [0.25, 0.3) is 0 Å². The molecule has 0 spiro atoms. The number of aliphatic carboxylic acids is 1. The van der Waals surface area contributed by atoms with E-state index in [1.807, 2.05) is 20.8 Å². The molecule has 2 atom stereocenters. The Balaban J connectivity index is 2.40. The van der Waals surface area contributed by atoms with Crippen molar-refractivity contribution in [3.05, 3.63) is 0 Å². The third-order valence-electron chi connectivity index (χ3n) is 3.41. The number of carbonyl (C=O) groups excluding carboxylic acids is 1. The van der Waals surface area contributed by atoms with Crippen LogP contribution in [-0.2, 0) is 9.53 Å². The highest BCUT2D eigenvalue weighted by atomic mass is 16.6. The molecule has 1 rings (SSSR count). The highest BCUT2D eigenvalue weighted by Crippen LogP contribution is 2.31. The van der Waals surface area contributed by atoms with Gasteiger partial charge < -0.3 is 15.2 Å². The molecule has 0 radical (unpaired) electrons. The van der Waals surface area contributed by atoms with Crippen LogP contribution in [0.25, 0.3) is 0 Å². The number of carboxylic acids is 1. The number of carboxylic acid groups (broad SMARTS) is 1. The van der Waals surface area contributed by atoms with Crippen molar-refractivity contribution in [1.82, 2.24) is 5.32 Å². The molecule has 0 aromatic heterocycles. The van der Waals surface area contributed by atoms with Gasteiger partial charge in [-0.3, -0.25) is 4.79 Å². The number of carbonyl (C=O) groups is 2. The summed E-state index contributed by atoms with van der Waals surface area (Å²) >= 11 is 0. The second kappa shape index (κ2) is 6.78. The summed E-state index contributed by atoms with van der Waals surface area (Å²) in [6.07, 6.45) is 3.88. The lowest BCUT2D eigenvalue weighted by Gasteiger charge is -2.31. The van der Waals surface area contributed by atoms with Crippen LogP contribution in [0.1, 0.15) is 52.9 Å². The Morgan fingerprint density at radius 2 is 1.79 bits per heavy atom. The van der Waals surface area contributed by atoms with Crippen LogP contribution in [0.4, 0.5) is 4.79 Å². The zero-order valence-electron chi connectivity index (χ0n) is 12.1. The molecule has 5 heteroatoms. The van der Waals surface area contributed by atoms with Gasteiger partial charge >= 0.3 is 12.1 Å². The molecular formula is C14H25NO4. The standard InChI is InChI=1S/C14H25NO4/c1-14(2,3)19-13(18)15-9-11-7-5-4-6-10(11)8-12(16)17/h10-11H,4-9H2,1-3H3,(H,15,18)(H,16,17)/t10-,11-/m0/s1. The van der Waals surface area contributed by atoms with Gasteiger partial charge in [0.1, 0.15) is 5.60 Å². The smallest absolute Gasteiger partial charge is 0.407 e. The van der Waals surface area contributed by atoms with E-state index in [1.165, 1.54) is 0 Å². The summed E-state index contributed by atoms with van der Waals surface area (Å²) < 4.78 is 5.18. The molecule has 0 aromatic rings. The fraction of sp³-hybridized carbons (Fsp3) is 0.857. The van der Waals surface area contributed by atoms with E-state index in [2.05, 4.69) is 5.32 Å². The molecule has 1 amide bonds. The van der Waals surface area contributed by atoms with Crippen LogP contribution in [0.3, 0.4) is 0 Å². The lowest BCUT2D eigenvalue weighted by atomic mass is 9.77. The SMILES string of the molecule is CC(C)(C)OC(=O)NC[C@@H]1CCCC[C@H]1CC(=O)O. The fourth-order valence-electron chi connectivity index (χ4n) is 2.57. The van der Waals surface area contributed by atoms with E-state index in [1.54, 1.807) is 0 Å². The molecule has 0 bridgehead atoms. The van der Waals surface area contributed by atoms with Crippen LogP contribution in [0, 0.1) is 11.8 Å².